The van der Waals surface area contributed by atoms with Crippen LogP contribution in [0.3, 0.4) is 0 Å². The van der Waals surface area contributed by atoms with Gasteiger partial charge in [-0.05, 0) is 17.9 Å². The highest BCUT2D eigenvalue weighted by molar-refractivity contribution is 5.93. The third kappa shape index (κ3) is 4.18. The summed E-state index contributed by atoms with van der Waals surface area (Å²) >= 11 is 0. The second kappa shape index (κ2) is 6.68. The molecule has 0 bridgehead atoms. The van der Waals surface area contributed by atoms with Gasteiger partial charge in [0.05, 0.1) is 0 Å². The standard InChI is InChI=1S/C6H7N3O4.C3H8/c7-9-8-3-1-2(3)4(5(10)11)6(12)13;1-3-2/h2-4H,1H2,(H,10,11)(H,12,13);3H2,1-2H3. The van der Waals surface area contributed by atoms with E-state index in [9.17, 15) is 9.59 Å². The molecule has 7 nitrogen and oxygen atoms in total. The maximum Gasteiger partial charge on any atom is 0.318 e. The number of hydrogen-bond acceptors (Lipinski definition) is 3. The van der Waals surface area contributed by atoms with Crippen LogP contribution in [0.4, 0.5) is 0 Å². The molecule has 0 amide bonds. The highest BCUT2D eigenvalue weighted by atomic mass is 16.4. The summed E-state index contributed by atoms with van der Waals surface area (Å²) in [6, 6.07) is -0.470. The lowest BCUT2D eigenvalue weighted by Gasteiger charge is -2.03. The molecule has 16 heavy (non-hydrogen) atoms. The fraction of sp³-hybridized carbons (Fsp3) is 0.778. The van der Waals surface area contributed by atoms with Crippen LogP contribution in [-0.2, 0) is 9.59 Å². The SMILES string of the molecule is CCC.[N-]=[N+]=NC1CC1C(C(=O)O)C(=O)O. The van der Waals surface area contributed by atoms with E-state index in [4.69, 9.17) is 15.7 Å². The molecule has 1 aliphatic carbocycles. The van der Waals surface area contributed by atoms with Crippen LogP contribution in [0.2, 0.25) is 0 Å². The smallest absolute Gasteiger partial charge is 0.318 e. The van der Waals surface area contributed by atoms with Crippen molar-refractivity contribution in [1.29, 1.82) is 0 Å². The fourth-order valence-electron chi connectivity index (χ4n) is 1.23. The number of hydrogen-bond donors (Lipinski definition) is 2. The van der Waals surface area contributed by atoms with Gasteiger partial charge in [-0.25, -0.2) is 0 Å². The van der Waals surface area contributed by atoms with Gasteiger partial charge in [-0.2, -0.15) is 0 Å². The van der Waals surface area contributed by atoms with E-state index >= 15 is 0 Å². The molecule has 1 aliphatic rings. The molecule has 0 aromatic rings. The lowest BCUT2D eigenvalue weighted by atomic mass is 10.0. The molecule has 0 aliphatic heterocycles. The number of azide groups is 1. The van der Waals surface area contributed by atoms with Crippen LogP contribution in [0, 0.1) is 11.8 Å². The van der Waals surface area contributed by atoms with E-state index in [1.165, 1.54) is 6.42 Å². The second-order valence-electron chi connectivity index (χ2n) is 3.53. The molecule has 0 aromatic heterocycles. The molecule has 2 unspecified atom stereocenters. The molecule has 2 N–H and O–H groups in total. The Hall–Kier alpha value is -1.75. The maximum absolute atomic E-state index is 10.5. The summed E-state index contributed by atoms with van der Waals surface area (Å²) in [4.78, 5) is 23.4. The normalized spacial score (nSPS) is 21.4. The van der Waals surface area contributed by atoms with E-state index in [1.54, 1.807) is 0 Å². The van der Waals surface area contributed by atoms with Gasteiger partial charge in [0.15, 0.2) is 5.92 Å². The molecule has 0 saturated heterocycles. The topological polar surface area (TPSA) is 123 Å². The van der Waals surface area contributed by atoms with Gasteiger partial charge in [-0.1, -0.05) is 25.4 Å². The Kier molecular flexibility index (Phi) is 5.95. The highest BCUT2D eigenvalue weighted by Gasteiger charge is 2.49. The summed E-state index contributed by atoms with van der Waals surface area (Å²) in [5, 5.41) is 20.3. The maximum atomic E-state index is 10.5. The van der Waals surface area contributed by atoms with E-state index < -0.39 is 29.8 Å². The Balaban J connectivity index is 0.000000673. The zero-order valence-electron chi connectivity index (χ0n) is 9.20. The molecule has 1 saturated carbocycles. The zero-order valence-corrected chi connectivity index (χ0v) is 9.20. The van der Waals surface area contributed by atoms with Crippen molar-refractivity contribution in [3.8, 4) is 0 Å². The quantitative estimate of drug-likeness (QED) is 0.330. The summed E-state index contributed by atoms with van der Waals surface area (Å²) in [6.45, 7) is 4.25. The summed E-state index contributed by atoms with van der Waals surface area (Å²) in [6.07, 6.45) is 1.59. The molecule has 1 fully saturated rings. The molecule has 2 atom stereocenters. The van der Waals surface area contributed by atoms with Crippen LogP contribution in [0.5, 0.6) is 0 Å². The second-order valence-corrected chi connectivity index (χ2v) is 3.53. The summed E-state index contributed by atoms with van der Waals surface area (Å²) in [7, 11) is 0. The van der Waals surface area contributed by atoms with Gasteiger partial charge in [0.1, 0.15) is 0 Å². The first-order valence-corrected chi connectivity index (χ1v) is 4.99. The van der Waals surface area contributed by atoms with Crippen molar-refractivity contribution >= 4 is 11.9 Å². The molecule has 7 heteroatoms. The van der Waals surface area contributed by atoms with E-state index in [1.807, 2.05) is 0 Å². The molecule has 1 rings (SSSR count). The number of carboxylic acid groups (broad SMARTS) is 2. The summed E-state index contributed by atoms with van der Waals surface area (Å²) in [5.41, 5.74) is 8.02. The average Bonchev–Trinajstić information content (AvgIpc) is 2.84. The first kappa shape index (κ1) is 14.2. The van der Waals surface area contributed by atoms with Crippen LogP contribution < -0.4 is 0 Å². The number of nitrogens with zero attached hydrogens (tertiary/aromatic N) is 3. The van der Waals surface area contributed by atoms with Crippen LogP contribution in [0.15, 0.2) is 5.11 Å². The van der Waals surface area contributed by atoms with Gasteiger partial charge in [-0.3, -0.25) is 9.59 Å². The Morgan fingerprint density at radius 3 is 2.19 bits per heavy atom. The van der Waals surface area contributed by atoms with Gasteiger partial charge in [0.2, 0.25) is 0 Å². The predicted octanol–water partition coefficient (Wildman–Crippen LogP) is 1.89. The Morgan fingerprint density at radius 2 is 1.88 bits per heavy atom. The van der Waals surface area contributed by atoms with Crippen LogP contribution in [-0.4, -0.2) is 28.2 Å². The van der Waals surface area contributed by atoms with Gasteiger partial charge in [0, 0.05) is 11.0 Å². The Labute approximate surface area is 92.7 Å². The minimum Gasteiger partial charge on any atom is -0.481 e. The third-order valence-corrected chi connectivity index (χ3v) is 1.96. The Morgan fingerprint density at radius 1 is 1.44 bits per heavy atom. The molecular weight excluding hydrogens is 214 g/mol. The molecule has 0 radical (unpaired) electrons. The number of carbonyl (C=O) groups is 2. The monoisotopic (exact) mass is 229 g/mol. The lowest BCUT2D eigenvalue weighted by molar-refractivity contribution is -0.155. The van der Waals surface area contributed by atoms with Crippen molar-refractivity contribution in [2.75, 3.05) is 0 Å². The zero-order chi connectivity index (χ0) is 12.7. The predicted molar refractivity (Wildman–Crippen MR) is 55.8 cm³/mol. The van der Waals surface area contributed by atoms with Crippen molar-refractivity contribution < 1.29 is 19.8 Å². The van der Waals surface area contributed by atoms with Gasteiger partial charge in [0.25, 0.3) is 0 Å². The van der Waals surface area contributed by atoms with E-state index in [2.05, 4.69) is 23.9 Å². The minimum absolute atomic E-state index is 0.341. The van der Waals surface area contributed by atoms with Crippen LogP contribution in [0.25, 0.3) is 10.4 Å². The number of aliphatic carboxylic acids is 2. The van der Waals surface area contributed by atoms with E-state index in [-0.39, 0.29) is 0 Å². The fourth-order valence-corrected chi connectivity index (χ4v) is 1.23. The van der Waals surface area contributed by atoms with Crippen molar-refractivity contribution in [1.82, 2.24) is 0 Å². The first-order chi connectivity index (χ1) is 7.49. The van der Waals surface area contributed by atoms with Crippen molar-refractivity contribution in [3.05, 3.63) is 10.4 Å². The van der Waals surface area contributed by atoms with Crippen molar-refractivity contribution in [2.45, 2.75) is 32.7 Å². The average molecular weight is 229 g/mol. The van der Waals surface area contributed by atoms with Gasteiger partial charge in [-0.15, -0.1) is 0 Å². The number of carboxylic acids is 2. The third-order valence-electron chi connectivity index (χ3n) is 1.96. The molecule has 0 heterocycles. The molecule has 90 valence electrons. The molecular formula is C9H15N3O4. The van der Waals surface area contributed by atoms with Crippen LogP contribution in [0.1, 0.15) is 26.7 Å². The largest absolute Gasteiger partial charge is 0.481 e. The Bertz CT molecular complexity index is 298. The molecule has 0 spiro atoms. The molecule has 0 aromatic carbocycles. The van der Waals surface area contributed by atoms with Gasteiger partial charge >= 0.3 is 11.9 Å². The minimum atomic E-state index is -1.45. The van der Waals surface area contributed by atoms with E-state index in [0.29, 0.717) is 6.42 Å². The number of rotatable bonds is 4. The van der Waals surface area contributed by atoms with Gasteiger partial charge < -0.3 is 10.2 Å². The van der Waals surface area contributed by atoms with Crippen molar-refractivity contribution in [2.24, 2.45) is 17.0 Å². The highest BCUT2D eigenvalue weighted by Crippen LogP contribution is 2.40. The first-order valence-electron chi connectivity index (χ1n) is 4.99. The summed E-state index contributed by atoms with van der Waals surface area (Å²) < 4.78 is 0. The van der Waals surface area contributed by atoms with E-state index in [0.717, 1.165) is 0 Å². The summed E-state index contributed by atoms with van der Waals surface area (Å²) in [5.74, 6) is -4.76. The van der Waals surface area contributed by atoms with Crippen LogP contribution >= 0.6 is 0 Å². The van der Waals surface area contributed by atoms with Crippen molar-refractivity contribution in [3.63, 3.8) is 0 Å². The lowest BCUT2D eigenvalue weighted by Crippen LogP contribution is -2.26.